The fourth-order valence-electron chi connectivity index (χ4n) is 3.21. The smallest absolute Gasteiger partial charge is 0.248 e. The van der Waals surface area contributed by atoms with Crippen molar-refractivity contribution in [3.63, 3.8) is 0 Å². The third-order valence-corrected chi connectivity index (χ3v) is 5.15. The van der Waals surface area contributed by atoms with E-state index in [2.05, 4.69) is 33.9 Å². The molecule has 3 aromatic rings. The van der Waals surface area contributed by atoms with Crippen LogP contribution in [-0.2, 0) is 6.42 Å². The standard InChI is InChI=1S/C17H16N2OS/c20-16-8-5-13-14(19-16)6-7-15-17(13)11(10-18-15)3-4-12-2-1-9-21-12/h1-2,5-9,11,18H,3-4,10H2,(H,19,20). The zero-order valence-electron chi connectivity index (χ0n) is 11.6. The molecule has 3 nitrogen and oxygen atoms in total. The molecule has 0 aliphatic carbocycles. The van der Waals surface area contributed by atoms with E-state index in [-0.39, 0.29) is 5.56 Å². The Morgan fingerprint density at radius 2 is 2.14 bits per heavy atom. The van der Waals surface area contributed by atoms with Gasteiger partial charge in [-0.3, -0.25) is 4.79 Å². The van der Waals surface area contributed by atoms with E-state index in [0.717, 1.165) is 24.9 Å². The molecule has 0 radical (unpaired) electrons. The molecule has 3 heterocycles. The minimum atomic E-state index is -0.0384. The van der Waals surface area contributed by atoms with Crippen molar-refractivity contribution in [2.24, 2.45) is 0 Å². The number of hydrogen-bond acceptors (Lipinski definition) is 3. The van der Waals surface area contributed by atoms with Crippen molar-refractivity contribution in [2.45, 2.75) is 18.8 Å². The fraction of sp³-hybridized carbons (Fsp3) is 0.235. The van der Waals surface area contributed by atoms with E-state index in [4.69, 9.17) is 0 Å². The first-order valence-corrected chi connectivity index (χ1v) is 8.11. The van der Waals surface area contributed by atoms with Crippen LogP contribution in [0.3, 0.4) is 0 Å². The third kappa shape index (κ3) is 2.25. The summed E-state index contributed by atoms with van der Waals surface area (Å²) in [5.74, 6) is 0.511. The van der Waals surface area contributed by atoms with Gasteiger partial charge in [-0.1, -0.05) is 6.07 Å². The van der Waals surface area contributed by atoms with Gasteiger partial charge in [-0.2, -0.15) is 0 Å². The van der Waals surface area contributed by atoms with E-state index in [9.17, 15) is 4.79 Å². The number of rotatable bonds is 3. The SMILES string of the molecule is O=c1ccc2c3c(ccc2[nH]1)NCC3CCc1cccs1. The van der Waals surface area contributed by atoms with E-state index in [1.807, 2.05) is 23.5 Å². The second-order valence-electron chi connectivity index (χ2n) is 5.51. The molecule has 1 aliphatic heterocycles. The number of aromatic amines is 1. The molecule has 1 unspecified atom stereocenters. The molecule has 1 aromatic carbocycles. The van der Waals surface area contributed by atoms with Gasteiger partial charge in [-0.25, -0.2) is 0 Å². The van der Waals surface area contributed by atoms with Crippen molar-refractivity contribution in [2.75, 3.05) is 11.9 Å². The Labute approximate surface area is 126 Å². The normalized spacial score (nSPS) is 16.9. The van der Waals surface area contributed by atoms with Crippen LogP contribution in [0.4, 0.5) is 5.69 Å². The fourth-order valence-corrected chi connectivity index (χ4v) is 3.93. The number of fused-ring (bicyclic) bond motifs is 3. The second kappa shape index (κ2) is 5.04. The zero-order valence-corrected chi connectivity index (χ0v) is 12.4. The molecular formula is C17H16N2OS. The summed E-state index contributed by atoms with van der Waals surface area (Å²) in [6, 6.07) is 12.0. The largest absolute Gasteiger partial charge is 0.384 e. The van der Waals surface area contributed by atoms with Crippen molar-refractivity contribution < 1.29 is 0 Å². The first kappa shape index (κ1) is 12.7. The van der Waals surface area contributed by atoms with E-state index in [1.165, 1.54) is 21.5 Å². The topological polar surface area (TPSA) is 44.9 Å². The van der Waals surface area contributed by atoms with Crippen molar-refractivity contribution in [1.82, 2.24) is 4.98 Å². The van der Waals surface area contributed by atoms with E-state index in [1.54, 1.807) is 6.07 Å². The third-order valence-electron chi connectivity index (χ3n) is 4.21. The van der Waals surface area contributed by atoms with E-state index < -0.39 is 0 Å². The molecule has 106 valence electrons. The Morgan fingerprint density at radius 3 is 3.00 bits per heavy atom. The van der Waals surface area contributed by atoms with Crippen molar-refractivity contribution >= 4 is 27.9 Å². The minimum Gasteiger partial charge on any atom is -0.384 e. The number of aromatic nitrogens is 1. The van der Waals surface area contributed by atoms with Gasteiger partial charge in [0, 0.05) is 40.0 Å². The van der Waals surface area contributed by atoms with Crippen molar-refractivity contribution in [3.8, 4) is 0 Å². The Hall–Kier alpha value is -2.07. The predicted molar refractivity (Wildman–Crippen MR) is 88.4 cm³/mol. The van der Waals surface area contributed by atoms with Crippen LogP contribution in [0.5, 0.6) is 0 Å². The van der Waals surface area contributed by atoms with Crippen molar-refractivity contribution in [3.05, 3.63) is 62.6 Å². The van der Waals surface area contributed by atoms with Crippen LogP contribution in [0.25, 0.3) is 10.9 Å². The summed E-state index contributed by atoms with van der Waals surface area (Å²) >= 11 is 1.83. The highest BCUT2D eigenvalue weighted by atomic mass is 32.1. The number of H-pyrrole nitrogens is 1. The number of pyridine rings is 1. The minimum absolute atomic E-state index is 0.0384. The van der Waals surface area contributed by atoms with E-state index >= 15 is 0 Å². The highest BCUT2D eigenvalue weighted by Crippen LogP contribution is 2.39. The molecule has 21 heavy (non-hydrogen) atoms. The average molecular weight is 296 g/mol. The summed E-state index contributed by atoms with van der Waals surface area (Å²) in [7, 11) is 0. The lowest BCUT2D eigenvalue weighted by atomic mass is 9.92. The molecule has 1 aliphatic rings. The lowest BCUT2D eigenvalue weighted by Gasteiger charge is -2.12. The van der Waals surface area contributed by atoms with Gasteiger partial charge in [0.2, 0.25) is 5.56 Å². The first-order valence-electron chi connectivity index (χ1n) is 7.23. The molecule has 0 fully saturated rings. The zero-order chi connectivity index (χ0) is 14.2. The van der Waals surface area contributed by atoms with Crippen LogP contribution in [0.15, 0.2) is 46.6 Å². The Bertz CT molecular complexity index is 836. The molecule has 0 saturated heterocycles. The second-order valence-corrected chi connectivity index (χ2v) is 6.54. The summed E-state index contributed by atoms with van der Waals surface area (Å²) in [4.78, 5) is 15.8. The first-order chi connectivity index (χ1) is 10.3. The molecule has 4 rings (SSSR count). The van der Waals surface area contributed by atoms with Crippen LogP contribution in [0.1, 0.15) is 22.8 Å². The monoisotopic (exact) mass is 296 g/mol. The number of thiophene rings is 1. The molecule has 2 N–H and O–H groups in total. The molecule has 0 bridgehead atoms. The van der Waals surface area contributed by atoms with Crippen LogP contribution in [-0.4, -0.2) is 11.5 Å². The summed E-state index contributed by atoms with van der Waals surface area (Å²) < 4.78 is 0. The summed E-state index contributed by atoms with van der Waals surface area (Å²) in [5, 5.41) is 6.81. The van der Waals surface area contributed by atoms with Gasteiger partial charge in [0.1, 0.15) is 0 Å². The number of hydrogen-bond donors (Lipinski definition) is 2. The van der Waals surface area contributed by atoms with Crippen LogP contribution < -0.4 is 10.9 Å². The van der Waals surface area contributed by atoms with Crippen LogP contribution >= 0.6 is 11.3 Å². The maximum atomic E-state index is 11.5. The van der Waals surface area contributed by atoms with Gasteiger partial charge in [0.15, 0.2) is 0 Å². The molecule has 4 heteroatoms. The maximum absolute atomic E-state index is 11.5. The lowest BCUT2D eigenvalue weighted by Crippen LogP contribution is -2.05. The van der Waals surface area contributed by atoms with Crippen LogP contribution in [0.2, 0.25) is 0 Å². The number of benzene rings is 1. The Kier molecular flexibility index (Phi) is 3.04. The summed E-state index contributed by atoms with van der Waals surface area (Å²) in [6.07, 6.45) is 2.25. The Balaban J connectivity index is 1.70. The van der Waals surface area contributed by atoms with Gasteiger partial charge in [-0.15, -0.1) is 11.3 Å². The predicted octanol–water partition coefficient (Wildman–Crippen LogP) is 3.73. The van der Waals surface area contributed by atoms with Gasteiger partial charge in [0.25, 0.3) is 0 Å². The molecule has 0 saturated carbocycles. The molecule has 2 aromatic heterocycles. The average Bonchev–Trinajstić information content (AvgIpc) is 3.14. The maximum Gasteiger partial charge on any atom is 0.248 e. The molecular weight excluding hydrogens is 280 g/mol. The highest BCUT2D eigenvalue weighted by Gasteiger charge is 2.24. The van der Waals surface area contributed by atoms with Gasteiger partial charge >= 0.3 is 0 Å². The number of aryl methyl sites for hydroxylation is 1. The molecule has 1 atom stereocenters. The quantitative estimate of drug-likeness (QED) is 0.773. The van der Waals surface area contributed by atoms with Gasteiger partial charge < -0.3 is 10.3 Å². The van der Waals surface area contributed by atoms with Crippen molar-refractivity contribution in [1.29, 1.82) is 0 Å². The molecule has 0 amide bonds. The molecule has 0 spiro atoms. The summed E-state index contributed by atoms with van der Waals surface area (Å²) in [6.45, 7) is 0.985. The van der Waals surface area contributed by atoms with Crippen LogP contribution in [0, 0.1) is 0 Å². The van der Waals surface area contributed by atoms with E-state index in [0.29, 0.717) is 5.92 Å². The lowest BCUT2D eigenvalue weighted by molar-refractivity contribution is 0.683. The number of anilines is 1. The van der Waals surface area contributed by atoms with Gasteiger partial charge in [0.05, 0.1) is 0 Å². The number of nitrogens with one attached hydrogen (secondary N) is 2. The summed E-state index contributed by atoms with van der Waals surface area (Å²) in [5.41, 5.74) is 3.47. The highest BCUT2D eigenvalue weighted by molar-refractivity contribution is 7.09. The Morgan fingerprint density at radius 1 is 1.19 bits per heavy atom. The van der Waals surface area contributed by atoms with Gasteiger partial charge in [-0.05, 0) is 48.1 Å².